The molecule has 1 N–H and O–H groups in total. The van der Waals surface area contributed by atoms with Gasteiger partial charge in [0.05, 0.1) is 11.9 Å². The number of nitrogens with one attached hydrogen (secondary N) is 1. The standard InChI is InChI=1S/C18H22N2O3S/c1-14-13-16(9-10-17(14)20(2)24(3,22)23)18(21)19-12-11-15-7-5-4-6-8-15/h4-10,13H,11-12H2,1-3H3,(H,19,21). The van der Waals surface area contributed by atoms with Crippen molar-refractivity contribution in [3.8, 4) is 0 Å². The molecule has 5 nitrogen and oxygen atoms in total. The van der Waals surface area contributed by atoms with Gasteiger partial charge in [0, 0.05) is 19.2 Å². The maximum Gasteiger partial charge on any atom is 0.251 e. The lowest BCUT2D eigenvalue weighted by Gasteiger charge is -2.19. The molecule has 128 valence electrons. The molecule has 0 radical (unpaired) electrons. The van der Waals surface area contributed by atoms with Crippen molar-refractivity contribution in [1.82, 2.24) is 5.32 Å². The molecule has 0 aliphatic heterocycles. The summed E-state index contributed by atoms with van der Waals surface area (Å²) in [5.41, 5.74) is 2.99. The highest BCUT2D eigenvalue weighted by Crippen LogP contribution is 2.22. The molecule has 6 heteroatoms. The maximum absolute atomic E-state index is 12.2. The van der Waals surface area contributed by atoms with E-state index < -0.39 is 10.0 Å². The number of hydrogen-bond donors (Lipinski definition) is 1. The van der Waals surface area contributed by atoms with E-state index in [0.717, 1.165) is 18.2 Å². The Morgan fingerprint density at radius 3 is 2.38 bits per heavy atom. The van der Waals surface area contributed by atoms with Crippen molar-refractivity contribution < 1.29 is 13.2 Å². The molecule has 0 spiro atoms. The zero-order valence-corrected chi connectivity index (χ0v) is 14.9. The molecule has 0 saturated heterocycles. The normalized spacial score (nSPS) is 11.1. The van der Waals surface area contributed by atoms with Crippen molar-refractivity contribution in [3.05, 3.63) is 65.2 Å². The lowest BCUT2D eigenvalue weighted by Crippen LogP contribution is -2.27. The number of carbonyl (C=O) groups excluding carboxylic acids is 1. The summed E-state index contributed by atoms with van der Waals surface area (Å²) in [5, 5.41) is 2.88. The van der Waals surface area contributed by atoms with Crippen LogP contribution in [0, 0.1) is 6.92 Å². The van der Waals surface area contributed by atoms with Gasteiger partial charge < -0.3 is 5.32 Å². The molecule has 0 bridgehead atoms. The first kappa shape index (κ1) is 18.0. The Morgan fingerprint density at radius 2 is 1.79 bits per heavy atom. The van der Waals surface area contributed by atoms with E-state index >= 15 is 0 Å². The largest absolute Gasteiger partial charge is 0.352 e. The zero-order valence-electron chi connectivity index (χ0n) is 14.1. The van der Waals surface area contributed by atoms with Crippen molar-refractivity contribution >= 4 is 21.6 Å². The fraction of sp³-hybridized carbons (Fsp3) is 0.278. The van der Waals surface area contributed by atoms with Crippen molar-refractivity contribution in [1.29, 1.82) is 0 Å². The number of benzene rings is 2. The zero-order chi connectivity index (χ0) is 17.7. The van der Waals surface area contributed by atoms with E-state index in [1.54, 1.807) is 25.1 Å². The number of aryl methyl sites for hydroxylation is 1. The van der Waals surface area contributed by atoms with Gasteiger partial charge in [0.25, 0.3) is 5.91 Å². The Balaban J connectivity index is 2.01. The third-order valence-electron chi connectivity index (χ3n) is 3.84. The summed E-state index contributed by atoms with van der Waals surface area (Å²) in [7, 11) is -1.83. The number of anilines is 1. The average Bonchev–Trinajstić information content (AvgIpc) is 2.54. The molecular weight excluding hydrogens is 324 g/mol. The Morgan fingerprint density at radius 1 is 1.12 bits per heavy atom. The van der Waals surface area contributed by atoms with E-state index in [0.29, 0.717) is 17.8 Å². The van der Waals surface area contributed by atoms with Gasteiger partial charge in [-0.25, -0.2) is 8.42 Å². The summed E-state index contributed by atoms with van der Waals surface area (Å²) in [5.74, 6) is -0.164. The van der Waals surface area contributed by atoms with Gasteiger partial charge in [0.1, 0.15) is 0 Å². The molecule has 0 heterocycles. The second-order valence-corrected chi connectivity index (χ2v) is 7.74. The molecule has 1 amide bonds. The predicted molar refractivity (Wildman–Crippen MR) is 96.9 cm³/mol. The van der Waals surface area contributed by atoms with Gasteiger partial charge >= 0.3 is 0 Å². The minimum Gasteiger partial charge on any atom is -0.352 e. The van der Waals surface area contributed by atoms with Crippen LogP contribution in [0.5, 0.6) is 0 Å². The molecule has 0 aliphatic rings. The minimum atomic E-state index is -3.32. The lowest BCUT2D eigenvalue weighted by atomic mass is 10.1. The van der Waals surface area contributed by atoms with Crippen LogP contribution < -0.4 is 9.62 Å². The van der Waals surface area contributed by atoms with Crippen molar-refractivity contribution in [2.24, 2.45) is 0 Å². The number of hydrogen-bond acceptors (Lipinski definition) is 3. The molecule has 24 heavy (non-hydrogen) atoms. The SMILES string of the molecule is Cc1cc(C(=O)NCCc2ccccc2)ccc1N(C)S(C)(=O)=O. The van der Waals surface area contributed by atoms with Crippen LogP contribution in [-0.2, 0) is 16.4 Å². The van der Waals surface area contributed by atoms with E-state index in [4.69, 9.17) is 0 Å². The Labute approximate surface area is 143 Å². The Bertz CT molecular complexity index is 817. The minimum absolute atomic E-state index is 0.164. The number of rotatable bonds is 6. The molecule has 0 atom stereocenters. The van der Waals surface area contributed by atoms with Crippen LogP contribution in [0.1, 0.15) is 21.5 Å². The quantitative estimate of drug-likeness (QED) is 0.873. The smallest absolute Gasteiger partial charge is 0.251 e. The molecule has 0 fully saturated rings. The van der Waals surface area contributed by atoms with E-state index in [2.05, 4.69) is 5.32 Å². The molecule has 2 rings (SSSR count). The van der Waals surface area contributed by atoms with Gasteiger partial charge in [-0.2, -0.15) is 0 Å². The second-order valence-electron chi connectivity index (χ2n) is 5.72. The third-order valence-corrected chi connectivity index (χ3v) is 5.03. The first-order valence-corrected chi connectivity index (χ1v) is 9.50. The highest BCUT2D eigenvalue weighted by Gasteiger charge is 2.15. The van der Waals surface area contributed by atoms with Crippen LogP contribution in [0.25, 0.3) is 0 Å². The van der Waals surface area contributed by atoms with Gasteiger partial charge in [-0.1, -0.05) is 30.3 Å². The number of sulfonamides is 1. The van der Waals surface area contributed by atoms with Gasteiger partial charge in [-0.15, -0.1) is 0 Å². The third kappa shape index (κ3) is 4.58. The molecule has 0 unspecified atom stereocenters. The topological polar surface area (TPSA) is 66.5 Å². The van der Waals surface area contributed by atoms with Crippen molar-refractivity contribution in [2.45, 2.75) is 13.3 Å². The predicted octanol–water partition coefficient (Wildman–Crippen LogP) is 2.36. The van der Waals surface area contributed by atoms with Gasteiger partial charge in [-0.05, 0) is 42.7 Å². The lowest BCUT2D eigenvalue weighted by molar-refractivity contribution is 0.0954. The van der Waals surface area contributed by atoms with E-state index in [1.807, 2.05) is 30.3 Å². The molecule has 2 aromatic rings. The average molecular weight is 346 g/mol. The number of nitrogens with zero attached hydrogens (tertiary/aromatic N) is 1. The Kier molecular flexibility index (Phi) is 5.62. The van der Waals surface area contributed by atoms with Gasteiger partial charge in [0.15, 0.2) is 0 Å². The second kappa shape index (κ2) is 7.49. The summed E-state index contributed by atoms with van der Waals surface area (Å²) >= 11 is 0. The van der Waals surface area contributed by atoms with Gasteiger partial charge in [0.2, 0.25) is 10.0 Å². The monoisotopic (exact) mass is 346 g/mol. The molecule has 0 aliphatic carbocycles. The highest BCUT2D eigenvalue weighted by molar-refractivity contribution is 7.92. The van der Waals surface area contributed by atoms with E-state index in [1.165, 1.54) is 16.9 Å². The van der Waals surface area contributed by atoms with Crippen molar-refractivity contribution in [2.75, 3.05) is 24.2 Å². The van der Waals surface area contributed by atoms with Crippen LogP contribution in [0.4, 0.5) is 5.69 Å². The highest BCUT2D eigenvalue weighted by atomic mass is 32.2. The maximum atomic E-state index is 12.2. The summed E-state index contributed by atoms with van der Waals surface area (Å²) in [6, 6.07) is 14.9. The van der Waals surface area contributed by atoms with Crippen LogP contribution >= 0.6 is 0 Å². The van der Waals surface area contributed by atoms with Crippen LogP contribution in [-0.4, -0.2) is 34.2 Å². The number of carbonyl (C=O) groups is 1. The van der Waals surface area contributed by atoms with Crippen LogP contribution in [0.3, 0.4) is 0 Å². The summed E-state index contributed by atoms with van der Waals surface area (Å²) in [4.78, 5) is 12.2. The molecular formula is C18H22N2O3S. The first-order chi connectivity index (χ1) is 11.3. The van der Waals surface area contributed by atoms with Crippen LogP contribution in [0.15, 0.2) is 48.5 Å². The summed E-state index contributed by atoms with van der Waals surface area (Å²) in [6.07, 6.45) is 1.91. The van der Waals surface area contributed by atoms with E-state index in [9.17, 15) is 13.2 Å². The van der Waals surface area contributed by atoms with Crippen LogP contribution in [0.2, 0.25) is 0 Å². The number of amides is 1. The summed E-state index contributed by atoms with van der Waals surface area (Å²) in [6.45, 7) is 2.34. The van der Waals surface area contributed by atoms with E-state index in [-0.39, 0.29) is 5.91 Å². The van der Waals surface area contributed by atoms with Crippen molar-refractivity contribution in [3.63, 3.8) is 0 Å². The fourth-order valence-corrected chi connectivity index (χ4v) is 2.96. The molecule has 0 saturated carbocycles. The first-order valence-electron chi connectivity index (χ1n) is 7.65. The Hall–Kier alpha value is -2.34. The van der Waals surface area contributed by atoms with Gasteiger partial charge in [-0.3, -0.25) is 9.10 Å². The summed E-state index contributed by atoms with van der Waals surface area (Å²) < 4.78 is 24.5. The molecule has 0 aromatic heterocycles. The molecule has 2 aromatic carbocycles. The fourth-order valence-electron chi connectivity index (χ4n) is 2.40.